The third-order valence-corrected chi connectivity index (χ3v) is 1.88. The minimum absolute atomic E-state index is 0. The van der Waals surface area contributed by atoms with E-state index in [9.17, 15) is 0 Å². The first-order valence-electron chi connectivity index (χ1n) is 3.79. The molecule has 0 spiro atoms. The molecule has 1 unspecified atom stereocenters. The topological polar surface area (TPSA) is 0 Å². The SMILES string of the molecule is C[CH-]C(C)C[C@@H](C)[CH-]C.[W+2]. The predicted octanol–water partition coefficient (Wildman–Crippen LogP) is 3.09. The number of hydrogen-bond donors (Lipinski definition) is 0. The minimum Gasteiger partial charge on any atom is -0.329 e. The van der Waals surface area contributed by atoms with Crippen molar-refractivity contribution in [3.05, 3.63) is 12.8 Å². The predicted molar refractivity (Wildman–Crippen MR) is 42.9 cm³/mol. The second kappa shape index (κ2) is 7.79. The Morgan fingerprint density at radius 2 is 1.30 bits per heavy atom. The van der Waals surface area contributed by atoms with E-state index < -0.39 is 0 Å². The fraction of sp³-hybridized carbons (Fsp3) is 0.778. The van der Waals surface area contributed by atoms with Crippen LogP contribution in [0.5, 0.6) is 0 Å². The molecule has 0 aromatic rings. The third kappa shape index (κ3) is 6.80. The summed E-state index contributed by atoms with van der Waals surface area (Å²) in [4.78, 5) is 0. The molecule has 0 aromatic carbocycles. The molecule has 0 N–H and O–H groups in total. The van der Waals surface area contributed by atoms with Crippen LogP contribution in [0.25, 0.3) is 0 Å². The molecule has 0 aliphatic carbocycles. The van der Waals surface area contributed by atoms with Gasteiger partial charge in [0.1, 0.15) is 0 Å². The average molecular weight is 310 g/mol. The summed E-state index contributed by atoms with van der Waals surface area (Å²) < 4.78 is 0. The molecular weight excluding hydrogens is 292 g/mol. The van der Waals surface area contributed by atoms with Crippen LogP contribution >= 0.6 is 0 Å². The molecule has 10 heavy (non-hydrogen) atoms. The maximum absolute atomic E-state index is 2.26. The van der Waals surface area contributed by atoms with Crippen LogP contribution in [0.1, 0.15) is 34.1 Å². The fourth-order valence-corrected chi connectivity index (χ4v) is 0.859. The van der Waals surface area contributed by atoms with Crippen molar-refractivity contribution in [2.24, 2.45) is 11.8 Å². The van der Waals surface area contributed by atoms with E-state index in [1.807, 2.05) is 0 Å². The van der Waals surface area contributed by atoms with Gasteiger partial charge in [0.05, 0.1) is 0 Å². The van der Waals surface area contributed by atoms with Crippen LogP contribution in [0.15, 0.2) is 0 Å². The van der Waals surface area contributed by atoms with Gasteiger partial charge in [-0.15, -0.1) is 6.42 Å². The van der Waals surface area contributed by atoms with E-state index in [4.69, 9.17) is 0 Å². The molecule has 0 nitrogen and oxygen atoms in total. The monoisotopic (exact) mass is 310 g/mol. The molecule has 60 valence electrons. The summed E-state index contributed by atoms with van der Waals surface area (Å²) in [6, 6.07) is 0. The zero-order chi connectivity index (χ0) is 7.28. The van der Waals surface area contributed by atoms with Crippen molar-refractivity contribution in [3.63, 3.8) is 0 Å². The van der Waals surface area contributed by atoms with Crippen molar-refractivity contribution in [3.8, 4) is 0 Å². The van der Waals surface area contributed by atoms with Crippen molar-refractivity contribution in [1.82, 2.24) is 0 Å². The smallest absolute Gasteiger partial charge is 0.329 e. The molecule has 0 bridgehead atoms. The van der Waals surface area contributed by atoms with Crippen LogP contribution < -0.4 is 0 Å². The largest absolute Gasteiger partial charge is 2.00 e. The van der Waals surface area contributed by atoms with Crippen LogP contribution in [0, 0.1) is 24.7 Å². The minimum atomic E-state index is 0. The van der Waals surface area contributed by atoms with E-state index in [2.05, 4.69) is 40.5 Å². The molecule has 0 rings (SSSR count). The second-order valence-electron chi connectivity index (χ2n) is 2.86. The van der Waals surface area contributed by atoms with Crippen LogP contribution in [0.2, 0.25) is 0 Å². The van der Waals surface area contributed by atoms with Gasteiger partial charge in [-0.05, 0) is 0 Å². The van der Waals surface area contributed by atoms with Gasteiger partial charge in [-0.3, -0.25) is 0 Å². The molecule has 0 heterocycles. The van der Waals surface area contributed by atoms with Gasteiger partial charge in [-0.25, -0.2) is 0 Å². The Balaban J connectivity index is 0. The Hall–Kier alpha value is 0.688. The van der Waals surface area contributed by atoms with E-state index in [1.54, 1.807) is 0 Å². The first kappa shape index (κ1) is 13.3. The van der Waals surface area contributed by atoms with Gasteiger partial charge in [0.2, 0.25) is 0 Å². The van der Waals surface area contributed by atoms with Gasteiger partial charge in [0.15, 0.2) is 0 Å². The quantitative estimate of drug-likeness (QED) is 0.700. The summed E-state index contributed by atoms with van der Waals surface area (Å²) in [5.74, 6) is 1.55. The van der Waals surface area contributed by atoms with Crippen LogP contribution in [0.4, 0.5) is 0 Å². The Bertz CT molecular complexity index is 53.7. The second-order valence-corrected chi connectivity index (χ2v) is 2.86. The molecule has 0 saturated heterocycles. The summed E-state index contributed by atoms with van der Waals surface area (Å²) >= 11 is 0. The first-order chi connectivity index (χ1) is 4.20. The molecule has 0 fully saturated rings. The molecular formula is C9H18W. The van der Waals surface area contributed by atoms with Gasteiger partial charge in [0, 0.05) is 0 Å². The van der Waals surface area contributed by atoms with Gasteiger partial charge >= 0.3 is 21.1 Å². The Labute approximate surface area is 80.0 Å². The van der Waals surface area contributed by atoms with Gasteiger partial charge in [-0.1, -0.05) is 13.8 Å². The summed E-state index contributed by atoms with van der Waals surface area (Å²) in [6.45, 7) is 8.79. The van der Waals surface area contributed by atoms with Crippen LogP contribution in [-0.2, 0) is 21.1 Å². The van der Waals surface area contributed by atoms with Gasteiger partial charge < -0.3 is 12.8 Å². The fourth-order valence-electron chi connectivity index (χ4n) is 0.859. The van der Waals surface area contributed by atoms with E-state index in [0.29, 0.717) is 0 Å². The number of hydrogen-bond acceptors (Lipinski definition) is 0. The van der Waals surface area contributed by atoms with E-state index >= 15 is 0 Å². The maximum atomic E-state index is 2.26. The third-order valence-electron chi connectivity index (χ3n) is 1.88. The van der Waals surface area contributed by atoms with Crippen molar-refractivity contribution >= 4 is 0 Å². The average Bonchev–Trinajstić information content (AvgIpc) is 1.87. The summed E-state index contributed by atoms with van der Waals surface area (Å²) in [5, 5.41) is 0. The molecule has 0 saturated carbocycles. The van der Waals surface area contributed by atoms with Gasteiger partial charge in [-0.2, -0.15) is 25.7 Å². The molecule has 2 atom stereocenters. The molecule has 0 radical (unpaired) electrons. The van der Waals surface area contributed by atoms with Crippen LogP contribution in [0.3, 0.4) is 0 Å². The van der Waals surface area contributed by atoms with E-state index in [-0.39, 0.29) is 21.1 Å². The maximum Gasteiger partial charge on any atom is 2.00 e. The normalized spacial score (nSPS) is 15.6. The van der Waals surface area contributed by atoms with E-state index in [0.717, 1.165) is 11.8 Å². The standard InChI is InChI=1S/C9H18.W/c1-5-8(3)7-9(4)6-2;/h5-6,8-9H,7H2,1-4H3;/q-2;+2/t8-,9?;/m0./s1. The molecule has 1 heteroatoms. The summed E-state index contributed by atoms with van der Waals surface area (Å²) in [5.41, 5.74) is 0. The zero-order valence-corrected chi connectivity index (χ0v) is 10.4. The molecule has 0 amide bonds. The summed E-state index contributed by atoms with van der Waals surface area (Å²) in [7, 11) is 0. The first-order valence-corrected chi connectivity index (χ1v) is 3.79. The Morgan fingerprint density at radius 3 is 1.50 bits per heavy atom. The Morgan fingerprint density at radius 1 is 1.00 bits per heavy atom. The summed E-state index contributed by atoms with van der Waals surface area (Å²) in [6.07, 6.45) is 5.83. The van der Waals surface area contributed by atoms with E-state index in [1.165, 1.54) is 6.42 Å². The molecule has 0 aromatic heterocycles. The van der Waals surface area contributed by atoms with Gasteiger partial charge in [0.25, 0.3) is 0 Å². The van der Waals surface area contributed by atoms with Crippen molar-refractivity contribution in [2.75, 3.05) is 0 Å². The Kier molecular flexibility index (Phi) is 10.4. The molecule has 0 aliphatic rings. The van der Waals surface area contributed by atoms with Crippen molar-refractivity contribution in [1.29, 1.82) is 0 Å². The number of rotatable bonds is 4. The molecule has 0 aliphatic heterocycles. The van der Waals surface area contributed by atoms with Crippen LogP contribution in [-0.4, -0.2) is 0 Å². The van der Waals surface area contributed by atoms with Crippen molar-refractivity contribution < 1.29 is 21.1 Å². The van der Waals surface area contributed by atoms with Crippen molar-refractivity contribution in [2.45, 2.75) is 34.1 Å². The zero-order valence-electron chi connectivity index (χ0n) is 7.42.